The van der Waals surface area contributed by atoms with Gasteiger partial charge in [-0.1, -0.05) is 0 Å². The molecule has 0 spiro atoms. The Morgan fingerprint density at radius 3 is 2.24 bits per heavy atom. The summed E-state index contributed by atoms with van der Waals surface area (Å²) in [6.07, 6.45) is 2.21. The maximum atomic E-state index is 11.9. The molecule has 1 atom stereocenters. The van der Waals surface area contributed by atoms with E-state index >= 15 is 0 Å². The van der Waals surface area contributed by atoms with E-state index in [4.69, 9.17) is 5.73 Å². The van der Waals surface area contributed by atoms with E-state index < -0.39 is 5.54 Å². The summed E-state index contributed by atoms with van der Waals surface area (Å²) < 4.78 is 0. The van der Waals surface area contributed by atoms with Crippen molar-refractivity contribution in [1.29, 1.82) is 0 Å². The fourth-order valence-electron chi connectivity index (χ4n) is 2.31. The Kier molecular flexibility index (Phi) is 4.55. The number of carbonyl (C=O) groups is 1. The molecule has 1 amide bonds. The summed E-state index contributed by atoms with van der Waals surface area (Å²) in [4.78, 5) is 14.1. The summed E-state index contributed by atoms with van der Waals surface area (Å²) >= 11 is 0. The van der Waals surface area contributed by atoms with Gasteiger partial charge in [-0.05, 0) is 53.5 Å². The highest BCUT2D eigenvalue weighted by Crippen LogP contribution is 2.40. The average Bonchev–Trinajstić information content (AvgIpc) is 2.98. The van der Waals surface area contributed by atoms with Crippen LogP contribution in [0, 0.1) is 5.92 Å². The topological polar surface area (TPSA) is 58.4 Å². The average molecular weight is 241 g/mol. The van der Waals surface area contributed by atoms with Crippen LogP contribution in [-0.4, -0.2) is 42.0 Å². The number of primary amides is 1. The third kappa shape index (κ3) is 3.42. The van der Waals surface area contributed by atoms with Crippen LogP contribution in [0.5, 0.6) is 0 Å². The number of nitrogens with two attached hydrogens (primary N) is 1. The first-order chi connectivity index (χ1) is 7.79. The van der Waals surface area contributed by atoms with Gasteiger partial charge in [0, 0.05) is 18.6 Å². The predicted octanol–water partition coefficient (Wildman–Crippen LogP) is 0.959. The largest absolute Gasteiger partial charge is 0.368 e. The molecule has 1 rings (SSSR count). The molecule has 0 aromatic carbocycles. The van der Waals surface area contributed by atoms with Gasteiger partial charge in [0.25, 0.3) is 0 Å². The lowest BCUT2D eigenvalue weighted by atomic mass is 9.90. The molecular formula is C13H27N3O. The number of nitrogens with one attached hydrogen (secondary N) is 1. The molecule has 1 saturated carbocycles. The normalized spacial score (nSPS) is 20.0. The van der Waals surface area contributed by atoms with E-state index in [0.29, 0.717) is 18.5 Å². The summed E-state index contributed by atoms with van der Waals surface area (Å²) in [6.45, 7) is 9.09. The van der Waals surface area contributed by atoms with Gasteiger partial charge in [0.2, 0.25) is 5.91 Å². The van der Waals surface area contributed by atoms with Crippen molar-refractivity contribution in [3.05, 3.63) is 0 Å². The minimum Gasteiger partial charge on any atom is -0.368 e. The predicted molar refractivity (Wildman–Crippen MR) is 70.7 cm³/mol. The minimum absolute atomic E-state index is 0.207. The van der Waals surface area contributed by atoms with E-state index in [2.05, 4.69) is 37.9 Å². The standard InChI is InChI=1S/C13H27N3O/c1-9(2)15-13(12(14)17,11-6-7-11)8-16(5)10(3)4/h9-11,15H,6-8H2,1-5H3,(H2,14,17). The van der Waals surface area contributed by atoms with Crippen molar-refractivity contribution in [2.24, 2.45) is 11.7 Å². The molecule has 0 heterocycles. The van der Waals surface area contributed by atoms with Crippen LogP contribution in [0.25, 0.3) is 0 Å². The number of likely N-dealkylation sites (N-methyl/N-ethyl adjacent to an activating group) is 1. The summed E-state index contributed by atoms with van der Waals surface area (Å²) in [6, 6.07) is 0.685. The third-order valence-electron chi connectivity index (χ3n) is 3.64. The number of hydrogen-bond acceptors (Lipinski definition) is 3. The van der Waals surface area contributed by atoms with Crippen LogP contribution in [0.4, 0.5) is 0 Å². The van der Waals surface area contributed by atoms with Crippen molar-refractivity contribution in [2.75, 3.05) is 13.6 Å². The summed E-state index contributed by atoms with van der Waals surface area (Å²) in [5, 5.41) is 3.42. The molecule has 0 aliphatic heterocycles. The minimum atomic E-state index is -0.548. The lowest BCUT2D eigenvalue weighted by Gasteiger charge is -2.38. The Morgan fingerprint density at radius 1 is 1.41 bits per heavy atom. The second-order valence-electron chi connectivity index (χ2n) is 5.92. The SMILES string of the molecule is CC(C)NC(CN(C)C(C)C)(C(N)=O)C1CC1. The van der Waals surface area contributed by atoms with E-state index in [1.54, 1.807) is 0 Å². The maximum Gasteiger partial charge on any atom is 0.239 e. The quantitative estimate of drug-likeness (QED) is 0.698. The Bertz CT molecular complexity index is 274. The Hall–Kier alpha value is -0.610. The third-order valence-corrected chi connectivity index (χ3v) is 3.64. The molecule has 0 aromatic rings. The summed E-state index contributed by atoms with van der Waals surface area (Å²) in [7, 11) is 2.05. The fourth-order valence-corrected chi connectivity index (χ4v) is 2.31. The Balaban J connectivity index is 2.86. The molecule has 0 aromatic heterocycles. The molecule has 0 saturated heterocycles. The fraction of sp³-hybridized carbons (Fsp3) is 0.923. The van der Waals surface area contributed by atoms with Crippen LogP contribution in [0.15, 0.2) is 0 Å². The molecule has 3 N–H and O–H groups in total. The number of carbonyl (C=O) groups excluding carboxylic acids is 1. The molecule has 100 valence electrons. The van der Waals surface area contributed by atoms with Crippen molar-refractivity contribution < 1.29 is 4.79 Å². The van der Waals surface area contributed by atoms with Crippen molar-refractivity contribution >= 4 is 5.91 Å². The van der Waals surface area contributed by atoms with Gasteiger partial charge in [0.1, 0.15) is 5.54 Å². The van der Waals surface area contributed by atoms with Crippen LogP contribution in [0.2, 0.25) is 0 Å². The zero-order chi connectivity index (χ0) is 13.2. The van der Waals surface area contributed by atoms with E-state index in [-0.39, 0.29) is 11.9 Å². The van der Waals surface area contributed by atoms with Gasteiger partial charge in [0.05, 0.1) is 0 Å². The van der Waals surface area contributed by atoms with Crippen LogP contribution in [-0.2, 0) is 4.79 Å². The number of amides is 1. The van der Waals surface area contributed by atoms with Gasteiger partial charge >= 0.3 is 0 Å². The van der Waals surface area contributed by atoms with Gasteiger partial charge in [0.15, 0.2) is 0 Å². The molecule has 4 nitrogen and oxygen atoms in total. The van der Waals surface area contributed by atoms with Crippen LogP contribution in [0.3, 0.4) is 0 Å². The Labute approximate surface area is 105 Å². The highest BCUT2D eigenvalue weighted by atomic mass is 16.1. The first kappa shape index (κ1) is 14.5. The van der Waals surface area contributed by atoms with Gasteiger partial charge in [-0.25, -0.2) is 0 Å². The molecular weight excluding hydrogens is 214 g/mol. The highest BCUT2D eigenvalue weighted by molar-refractivity contribution is 5.86. The first-order valence-corrected chi connectivity index (χ1v) is 6.57. The molecule has 0 bridgehead atoms. The molecule has 1 aliphatic carbocycles. The zero-order valence-corrected chi connectivity index (χ0v) is 11.8. The van der Waals surface area contributed by atoms with Gasteiger partial charge in [-0.15, -0.1) is 0 Å². The van der Waals surface area contributed by atoms with Crippen molar-refractivity contribution in [3.8, 4) is 0 Å². The second kappa shape index (κ2) is 5.36. The maximum absolute atomic E-state index is 11.9. The van der Waals surface area contributed by atoms with Gasteiger partial charge < -0.3 is 10.6 Å². The summed E-state index contributed by atoms with van der Waals surface area (Å²) in [5.74, 6) is 0.199. The highest BCUT2D eigenvalue weighted by Gasteiger charge is 2.50. The number of nitrogens with zero attached hydrogens (tertiary/aromatic N) is 1. The molecule has 0 radical (unpaired) electrons. The lowest BCUT2D eigenvalue weighted by Crippen LogP contribution is -2.65. The molecule has 17 heavy (non-hydrogen) atoms. The van der Waals surface area contributed by atoms with Crippen molar-refractivity contribution in [1.82, 2.24) is 10.2 Å². The van der Waals surface area contributed by atoms with E-state index in [9.17, 15) is 4.79 Å². The van der Waals surface area contributed by atoms with Crippen LogP contribution >= 0.6 is 0 Å². The number of hydrogen-bond donors (Lipinski definition) is 2. The summed E-state index contributed by atoms with van der Waals surface area (Å²) in [5.41, 5.74) is 5.13. The molecule has 1 aliphatic rings. The van der Waals surface area contributed by atoms with Crippen molar-refractivity contribution in [2.45, 2.75) is 58.2 Å². The van der Waals surface area contributed by atoms with Gasteiger partial charge in [-0.3, -0.25) is 10.1 Å². The molecule has 4 heteroatoms. The monoisotopic (exact) mass is 241 g/mol. The molecule has 1 unspecified atom stereocenters. The number of rotatable bonds is 7. The van der Waals surface area contributed by atoms with Crippen LogP contribution in [0.1, 0.15) is 40.5 Å². The van der Waals surface area contributed by atoms with Crippen LogP contribution < -0.4 is 11.1 Å². The van der Waals surface area contributed by atoms with E-state index in [1.807, 2.05) is 7.05 Å². The smallest absolute Gasteiger partial charge is 0.239 e. The van der Waals surface area contributed by atoms with E-state index in [0.717, 1.165) is 12.8 Å². The Morgan fingerprint density at radius 2 is 1.94 bits per heavy atom. The van der Waals surface area contributed by atoms with E-state index in [1.165, 1.54) is 0 Å². The molecule has 1 fully saturated rings. The first-order valence-electron chi connectivity index (χ1n) is 6.57. The van der Waals surface area contributed by atoms with Crippen molar-refractivity contribution in [3.63, 3.8) is 0 Å². The zero-order valence-electron chi connectivity index (χ0n) is 11.8. The van der Waals surface area contributed by atoms with Gasteiger partial charge in [-0.2, -0.15) is 0 Å². The lowest BCUT2D eigenvalue weighted by molar-refractivity contribution is -0.126. The second-order valence-corrected chi connectivity index (χ2v) is 5.92.